The van der Waals surface area contributed by atoms with Gasteiger partial charge in [-0.25, -0.2) is 13.2 Å². The van der Waals surface area contributed by atoms with Crippen LogP contribution >= 0.6 is 23.2 Å². The van der Waals surface area contributed by atoms with E-state index in [0.717, 1.165) is 0 Å². The summed E-state index contributed by atoms with van der Waals surface area (Å²) in [5.74, 6) is -0.888. The van der Waals surface area contributed by atoms with Gasteiger partial charge in [0, 0.05) is 6.54 Å². The van der Waals surface area contributed by atoms with Crippen molar-refractivity contribution in [3.63, 3.8) is 0 Å². The van der Waals surface area contributed by atoms with Crippen LogP contribution in [0.4, 0.5) is 10.5 Å². The second-order valence-corrected chi connectivity index (χ2v) is 6.64. The molecule has 1 fully saturated rings. The molecule has 0 bridgehead atoms. The standard InChI is InChI=1S/C10H9Cl2N3O4S/c11-6-2-1-5(3-7(6)12)15-20(18,19)8-4-13-10(17)14-9(8)16/h1-3,8,15H,4H2,(H2,13,14,16,17). The van der Waals surface area contributed by atoms with Gasteiger partial charge in [0.2, 0.25) is 15.9 Å². The van der Waals surface area contributed by atoms with Crippen molar-refractivity contribution < 1.29 is 18.0 Å². The van der Waals surface area contributed by atoms with E-state index in [0.29, 0.717) is 0 Å². The molecule has 0 radical (unpaired) electrons. The molecule has 1 aliphatic rings. The smallest absolute Gasteiger partial charge is 0.321 e. The molecule has 3 amide bonds. The topological polar surface area (TPSA) is 104 Å². The minimum Gasteiger partial charge on any atom is -0.336 e. The Balaban J connectivity index is 2.20. The normalized spacial score (nSPS) is 19.2. The summed E-state index contributed by atoms with van der Waals surface area (Å²) in [4.78, 5) is 22.4. The fourth-order valence-electron chi connectivity index (χ4n) is 1.56. The van der Waals surface area contributed by atoms with Crippen molar-refractivity contribution in [3.05, 3.63) is 28.2 Å². The van der Waals surface area contributed by atoms with Gasteiger partial charge in [-0.2, -0.15) is 0 Å². The predicted octanol–water partition coefficient (Wildman–Crippen LogP) is 0.943. The number of hydrogen-bond donors (Lipinski definition) is 3. The van der Waals surface area contributed by atoms with Crippen LogP contribution in [0, 0.1) is 0 Å². The van der Waals surface area contributed by atoms with Crippen LogP contribution in [0.1, 0.15) is 0 Å². The molecule has 1 aromatic rings. The number of urea groups is 1. The summed E-state index contributed by atoms with van der Waals surface area (Å²) in [6.45, 7) is -0.304. The van der Waals surface area contributed by atoms with Crippen LogP contribution in [0.5, 0.6) is 0 Å². The Morgan fingerprint density at radius 1 is 1.20 bits per heavy atom. The molecule has 1 atom stereocenters. The summed E-state index contributed by atoms with van der Waals surface area (Å²) in [5, 5.41) is 3.15. The third kappa shape index (κ3) is 3.14. The molecule has 0 aromatic heterocycles. The highest BCUT2D eigenvalue weighted by Gasteiger charge is 2.37. The first kappa shape index (κ1) is 14.9. The minimum absolute atomic E-state index is 0.170. The highest BCUT2D eigenvalue weighted by Crippen LogP contribution is 2.26. The Morgan fingerprint density at radius 3 is 2.50 bits per heavy atom. The molecule has 20 heavy (non-hydrogen) atoms. The van der Waals surface area contributed by atoms with Gasteiger partial charge in [0.15, 0.2) is 5.25 Å². The maximum atomic E-state index is 12.1. The molecular weight excluding hydrogens is 329 g/mol. The zero-order chi connectivity index (χ0) is 14.9. The highest BCUT2D eigenvalue weighted by molar-refractivity contribution is 7.94. The molecule has 7 nitrogen and oxygen atoms in total. The van der Waals surface area contributed by atoms with Gasteiger partial charge in [0.05, 0.1) is 15.7 Å². The van der Waals surface area contributed by atoms with E-state index in [2.05, 4.69) is 10.0 Å². The number of hydrogen-bond acceptors (Lipinski definition) is 4. The summed E-state index contributed by atoms with van der Waals surface area (Å²) in [7, 11) is -4.02. The van der Waals surface area contributed by atoms with Gasteiger partial charge in [0.1, 0.15) is 0 Å². The lowest BCUT2D eigenvalue weighted by Crippen LogP contribution is -2.58. The summed E-state index contributed by atoms with van der Waals surface area (Å²) < 4.78 is 26.4. The van der Waals surface area contributed by atoms with Crippen LogP contribution in [0.2, 0.25) is 10.0 Å². The number of carbonyl (C=O) groups is 2. The van der Waals surface area contributed by atoms with E-state index >= 15 is 0 Å². The molecule has 1 aromatic carbocycles. The van der Waals surface area contributed by atoms with Gasteiger partial charge >= 0.3 is 6.03 Å². The first-order valence-corrected chi connectivity index (χ1v) is 7.65. The largest absolute Gasteiger partial charge is 0.336 e. The Hall–Kier alpha value is -1.51. The van der Waals surface area contributed by atoms with E-state index in [1.807, 2.05) is 5.32 Å². The lowest BCUT2D eigenvalue weighted by Gasteiger charge is -2.22. The Bertz CT molecular complexity index is 677. The number of halogens is 2. The quantitative estimate of drug-likeness (QED) is 0.763. The summed E-state index contributed by atoms with van der Waals surface area (Å²) in [6, 6.07) is 3.42. The number of amides is 3. The third-order valence-electron chi connectivity index (χ3n) is 2.53. The van der Waals surface area contributed by atoms with Crippen LogP contribution in [-0.2, 0) is 14.8 Å². The minimum atomic E-state index is -4.02. The zero-order valence-corrected chi connectivity index (χ0v) is 12.1. The molecule has 1 heterocycles. The van der Waals surface area contributed by atoms with Crippen molar-refractivity contribution in [2.24, 2.45) is 0 Å². The number of nitrogens with one attached hydrogen (secondary N) is 3. The second-order valence-electron chi connectivity index (χ2n) is 3.96. The average molecular weight is 338 g/mol. The number of anilines is 1. The van der Waals surface area contributed by atoms with E-state index < -0.39 is 27.2 Å². The second kappa shape index (κ2) is 5.47. The molecular formula is C10H9Cl2N3O4S. The molecule has 0 saturated carbocycles. The van der Waals surface area contributed by atoms with Crippen molar-refractivity contribution in [1.82, 2.24) is 10.6 Å². The van der Waals surface area contributed by atoms with Gasteiger partial charge in [-0.05, 0) is 18.2 Å². The van der Waals surface area contributed by atoms with Crippen LogP contribution in [0.15, 0.2) is 18.2 Å². The Labute approximate surface area is 124 Å². The molecule has 108 valence electrons. The molecule has 1 aliphatic heterocycles. The average Bonchev–Trinajstić information content (AvgIpc) is 2.33. The summed E-state index contributed by atoms with van der Waals surface area (Å²) >= 11 is 11.5. The van der Waals surface area contributed by atoms with Crippen LogP contribution in [0.3, 0.4) is 0 Å². The van der Waals surface area contributed by atoms with Crippen LogP contribution in [-0.4, -0.2) is 32.2 Å². The fraction of sp³-hybridized carbons (Fsp3) is 0.200. The van der Waals surface area contributed by atoms with Gasteiger partial charge in [-0.1, -0.05) is 23.2 Å². The van der Waals surface area contributed by atoms with E-state index in [1.165, 1.54) is 18.2 Å². The SMILES string of the molecule is O=C1NCC(S(=O)(=O)Nc2ccc(Cl)c(Cl)c2)C(=O)N1. The monoisotopic (exact) mass is 337 g/mol. The van der Waals surface area contributed by atoms with Gasteiger partial charge < -0.3 is 5.32 Å². The molecule has 1 saturated heterocycles. The van der Waals surface area contributed by atoms with Gasteiger partial charge in [0.25, 0.3) is 0 Å². The number of carbonyl (C=O) groups excluding carboxylic acids is 2. The lowest BCUT2D eigenvalue weighted by atomic mass is 10.3. The molecule has 10 heteroatoms. The van der Waals surface area contributed by atoms with E-state index in [4.69, 9.17) is 23.2 Å². The van der Waals surface area contributed by atoms with E-state index in [-0.39, 0.29) is 22.3 Å². The first-order chi connectivity index (χ1) is 9.29. The van der Waals surface area contributed by atoms with Crippen molar-refractivity contribution in [1.29, 1.82) is 0 Å². The van der Waals surface area contributed by atoms with Gasteiger partial charge in [-0.15, -0.1) is 0 Å². The fourth-order valence-corrected chi connectivity index (χ4v) is 3.10. The van der Waals surface area contributed by atoms with E-state index in [9.17, 15) is 18.0 Å². The number of sulfonamides is 1. The molecule has 0 aliphatic carbocycles. The third-order valence-corrected chi connectivity index (χ3v) is 4.92. The molecule has 0 spiro atoms. The van der Waals surface area contributed by atoms with Gasteiger partial charge in [-0.3, -0.25) is 14.8 Å². The number of imide groups is 1. The van der Waals surface area contributed by atoms with Crippen LogP contribution < -0.4 is 15.4 Å². The summed E-state index contributed by atoms with van der Waals surface area (Å²) in [5.41, 5.74) is 0.170. The molecule has 3 N–H and O–H groups in total. The number of benzene rings is 1. The maximum absolute atomic E-state index is 12.1. The molecule has 2 rings (SSSR count). The Morgan fingerprint density at radius 2 is 1.90 bits per heavy atom. The number of rotatable bonds is 3. The first-order valence-electron chi connectivity index (χ1n) is 5.35. The van der Waals surface area contributed by atoms with Crippen molar-refractivity contribution in [2.45, 2.75) is 5.25 Å². The maximum Gasteiger partial charge on any atom is 0.321 e. The highest BCUT2D eigenvalue weighted by atomic mass is 35.5. The summed E-state index contributed by atoms with van der Waals surface area (Å²) in [6.07, 6.45) is 0. The zero-order valence-electron chi connectivity index (χ0n) is 9.81. The lowest BCUT2D eigenvalue weighted by molar-refractivity contribution is -0.120. The predicted molar refractivity (Wildman–Crippen MR) is 74.3 cm³/mol. The molecule has 1 unspecified atom stereocenters. The van der Waals surface area contributed by atoms with E-state index in [1.54, 1.807) is 0 Å². The van der Waals surface area contributed by atoms with Crippen molar-refractivity contribution in [3.8, 4) is 0 Å². The van der Waals surface area contributed by atoms with Crippen LogP contribution in [0.25, 0.3) is 0 Å². The Kier molecular flexibility index (Phi) is 4.07. The van der Waals surface area contributed by atoms with Crippen molar-refractivity contribution >= 4 is 50.9 Å². The van der Waals surface area contributed by atoms with Crippen molar-refractivity contribution in [2.75, 3.05) is 11.3 Å².